The molecule has 0 radical (unpaired) electrons. The molecule has 37 heavy (non-hydrogen) atoms. The molecule has 0 N–H and O–H groups in total. The van der Waals surface area contributed by atoms with Crippen LogP contribution >= 0.6 is 0 Å². The van der Waals surface area contributed by atoms with Gasteiger partial charge in [0.25, 0.3) is 0 Å². The SMILES string of the molecule is CCCCc1cccc2c1[CH]([Zr+2][CH]1c3ccccc3-c3cccc(CCCC)c31)c1ccccc1-2.[Cl-].[Cl-]. The molecule has 0 nitrogen and oxygen atoms in total. The van der Waals surface area contributed by atoms with Gasteiger partial charge < -0.3 is 24.8 Å². The van der Waals surface area contributed by atoms with E-state index in [2.05, 4.69) is 98.8 Å². The number of rotatable bonds is 8. The molecule has 2 atom stereocenters. The van der Waals surface area contributed by atoms with E-state index >= 15 is 0 Å². The fraction of sp³-hybridized carbons (Fsp3) is 0.294. The first-order chi connectivity index (χ1) is 17.3. The Morgan fingerprint density at radius 2 is 0.919 bits per heavy atom. The topological polar surface area (TPSA) is 0 Å². The molecule has 6 rings (SSSR count). The molecule has 3 heteroatoms. The predicted octanol–water partition coefficient (Wildman–Crippen LogP) is 3.30. The van der Waals surface area contributed by atoms with Crippen LogP contribution in [0.3, 0.4) is 0 Å². The Bertz CT molecular complexity index is 1270. The van der Waals surface area contributed by atoms with Crippen LogP contribution in [0.1, 0.15) is 80.2 Å². The smallest absolute Gasteiger partial charge is 1.00 e. The second kappa shape index (κ2) is 12.5. The molecule has 188 valence electrons. The molecule has 4 aromatic rings. The van der Waals surface area contributed by atoms with Crippen molar-refractivity contribution >= 4 is 0 Å². The molecule has 0 spiro atoms. The fourth-order valence-electron chi connectivity index (χ4n) is 6.36. The Kier molecular flexibility index (Phi) is 9.55. The minimum Gasteiger partial charge on any atom is -1.00 e. The quantitative estimate of drug-likeness (QED) is 0.290. The Hall–Kier alpha value is -1.66. The summed E-state index contributed by atoms with van der Waals surface area (Å²) in [6.07, 6.45) is 7.49. The number of unbranched alkanes of at least 4 members (excludes halogenated alkanes) is 2. The van der Waals surface area contributed by atoms with E-state index in [-0.39, 0.29) is 24.8 Å². The predicted molar refractivity (Wildman–Crippen MR) is 145 cm³/mol. The summed E-state index contributed by atoms with van der Waals surface area (Å²) < 4.78 is 1.25. The second-order valence-corrected chi connectivity index (χ2v) is 13.8. The van der Waals surface area contributed by atoms with Crippen molar-refractivity contribution in [2.75, 3.05) is 0 Å². The molecular formula is C34H34Cl2Zr. The summed E-state index contributed by atoms with van der Waals surface area (Å²) in [7, 11) is 0. The summed E-state index contributed by atoms with van der Waals surface area (Å²) in [6.45, 7) is 4.63. The van der Waals surface area contributed by atoms with Crippen molar-refractivity contribution in [2.24, 2.45) is 0 Å². The van der Waals surface area contributed by atoms with E-state index in [0.717, 1.165) is 0 Å². The van der Waals surface area contributed by atoms with Gasteiger partial charge in [-0.15, -0.1) is 0 Å². The molecule has 0 heterocycles. The summed E-state index contributed by atoms with van der Waals surface area (Å²) >= 11 is -0.943. The summed E-state index contributed by atoms with van der Waals surface area (Å²) in [6, 6.07) is 32.9. The van der Waals surface area contributed by atoms with Crippen LogP contribution in [-0.2, 0) is 36.1 Å². The summed E-state index contributed by atoms with van der Waals surface area (Å²) in [5, 5.41) is 0. The van der Waals surface area contributed by atoms with Crippen LogP contribution in [0.4, 0.5) is 0 Å². The molecule has 0 bridgehead atoms. The Balaban J connectivity index is 0.00000160. The van der Waals surface area contributed by atoms with Gasteiger partial charge in [-0.3, -0.25) is 0 Å². The van der Waals surface area contributed by atoms with Crippen LogP contribution in [0.2, 0.25) is 0 Å². The van der Waals surface area contributed by atoms with Gasteiger partial charge in [-0.2, -0.15) is 0 Å². The van der Waals surface area contributed by atoms with Crippen molar-refractivity contribution in [3.8, 4) is 22.3 Å². The van der Waals surface area contributed by atoms with Crippen molar-refractivity contribution in [3.05, 3.63) is 118 Å². The van der Waals surface area contributed by atoms with Crippen LogP contribution in [0.25, 0.3) is 22.3 Å². The molecule has 2 aliphatic carbocycles. The fourth-order valence-corrected chi connectivity index (χ4v) is 11.8. The van der Waals surface area contributed by atoms with Crippen LogP contribution in [0.15, 0.2) is 84.9 Å². The number of benzene rings is 4. The van der Waals surface area contributed by atoms with E-state index in [1.54, 1.807) is 33.4 Å². The number of hydrogen-bond donors (Lipinski definition) is 0. The van der Waals surface area contributed by atoms with Crippen molar-refractivity contribution in [2.45, 2.75) is 59.6 Å². The van der Waals surface area contributed by atoms with E-state index < -0.39 is 23.2 Å². The minimum absolute atomic E-state index is 0. The third-order valence-electron chi connectivity index (χ3n) is 8.03. The molecule has 0 aliphatic heterocycles. The van der Waals surface area contributed by atoms with Crippen molar-refractivity contribution in [1.29, 1.82) is 0 Å². The average molecular weight is 605 g/mol. The third-order valence-corrected chi connectivity index (χ3v) is 12.6. The third kappa shape index (κ3) is 5.05. The molecule has 0 saturated heterocycles. The molecule has 0 amide bonds. The molecule has 0 saturated carbocycles. The van der Waals surface area contributed by atoms with Crippen molar-refractivity contribution in [1.82, 2.24) is 0 Å². The largest absolute Gasteiger partial charge is 1.00 e. The van der Waals surface area contributed by atoms with E-state index in [1.165, 1.54) is 60.8 Å². The van der Waals surface area contributed by atoms with Gasteiger partial charge in [0.1, 0.15) is 0 Å². The monoisotopic (exact) mass is 602 g/mol. The van der Waals surface area contributed by atoms with Gasteiger partial charge in [0, 0.05) is 0 Å². The molecule has 4 aromatic carbocycles. The van der Waals surface area contributed by atoms with E-state index in [4.69, 9.17) is 0 Å². The van der Waals surface area contributed by atoms with Crippen molar-refractivity contribution < 1.29 is 48.0 Å². The van der Waals surface area contributed by atoms with Crippen molar-refractivity contribution in [3.63, 3.8) is 0 Å². The number of halogens is 2. The maximum atomic E-state index is 2.44. The number of fused-ring (bicyclic) bond motifs is 6. The Labute approximate surface area is 246 Å². The van der Waals surface area contributed by atoms with Gasteiger partial charge in [-0.1, -0.05) is 0 Å². The van der Waals surface area contributed by atoms with Crippen LogP contribution in [0, 0.1) is 0 Å². The summed E-state index contributed by atoms with van der Waals surface area (Å²) in [4.78, 5) is 0. The zero-order chi connectivity index (χ0) is 23.8. The minimum atomic E-state index is -0.943. The summed E-state index contributed by atoms with van der Waals surface area (Å²) in [5.74, 6) is 0. The Morgan fingerprint density at radius 1 is 0.514 bits per heavy atom. The Morgan fingerprint density at radius 3 is 1.35 bits per heavy atom. The normalized spacial score (nSPS) is 15.9. The number of hydrogen-bond acceptors (Lipinski definition) is 0. The second-order valence-electron chi connectivity index (χ2n) is 10.2. The first-order valence-electron chi connectivity index (χ1n) is 13.5. The average Bonchev–Trinajstić information content (AvgIpc) is 3.40. The summed E-state index contributed by atoms with van der Waals surface area (Å²) in [5.41, 5.74) is 15.8. The molecule has 0 fully saturated rings. The number of aryl methyl sites for hydroxylation is 2. The maximum Gasteiger partial charge on any atom is -1.00 e. The molecular weight excluding hydrogens is 571 g/mol. The van der Waals surface area contributed by atoms with Gasteiger partial charge in [-0.05, 0) is 0 Å². The molecule has 2 aliphatic rings. The molecule has 0 aromatic heterocycles. The van der Waals surface area contributed by atoms with Crippen LogP contribution in [-0.4, -0.2) is 0 Å². The first kappa shape index (κ1) is 28.4. The van der Waals surface area contributed by atoms with Crippen LogP contribution < -0.4 is 24.8 Å². The zero-order valence-corrected chi connectivity index (χ0v) is 25.7. The first-order valence-corrected chi connectivity index (χ1v) is 16.3. The maximum absolute atomic E-state index is 2.44. The van der Waals surface area contributed by atoms with Gasteiger partial charge in [-0.25, -0.2) is 0 Å². The van der Waals surface area contributed by atoms with E-state index in [1.807, 2.05) is 0 Å². The standard InChI is InChI=1S/2C17H17.2ClH.Zr/c2*1-2-3-7-13-9-6-11-16-15-10-5-4-8-14(15)12-17(13)16;;;/h2*4-6,8-12H,2-3,7H2,1H3;2*1H;/q;;;;+2/p-2. The van der Waals surface area contributed by atoms with Gasteiger partial charge in [0.2, 0.25) is 0 Å². The van der Waals surface area contributed by atoms with E-state index in [9.17, 15) is 0 Å². The molecule has 2 unspecified atom stereocenters. The van der Waals surface area contributed by atoms with E-state index in [0.29, 0.717) is 7.25 Å². The van der Waals surface area contributed by atoms with Gasteiger partial charge in [0.15, 0.2) is 0 Å². The van der Waals surface area contributed by atoms with Gasteiger partial charge in [0.05, 0.1) is 0 Å². The van der Waals surface area contributed by atoms with Gasteiger partial charge >= 0.3 is 223 Å². The van der Waals surface area contributed by atoms with Crippen LogP contribution in [0.5, 0.6) is 0 Å². The zero-order valence-electron chi connectivity index (χ0n) is 21.7.